The molecule has 0 aliphatic rings. The molecule has 0 aliphatic carbocycles. The molecular formula is C19H21N3O. The third-order valence-electron chi connectivity index (χ3n) is 3.58. The van der Waals surface area contributed by atoms with Crippen molar-refractivity contribution in [3.05, 3.63) is 70.8 Å². The minimum atomic E-state index is -0.183. The fraction of sp³-hybridized carbons (Fsp3) is 0.263. The molecule has 4 nitrogen and oxygen atoms in total. The van der Waals surface area contributed by atoms with E-state index in [4.69, 9.17) is 5.26 Å². The van der Waals surface area contributed by atoms with Crippen LogP contribution >= 0.6 is 0 Å². The molecule has 0 fully saturated rings. The topological polar surface area (TPSA) is 64.9 Å². The standard InChI is InChI=1S/C19H21N3O/c1-14-5-3-7-16(11-14)19(17-8-4-6-15(2)12-17)22-13-18(23)21-10-9-20/h3-8,11-12,19,22H,10,13H2,1-2H3,(H,21,23). The Hall–Kier alpha value is -2.64. The van der Waals surface area contributed by atoms with Gasteiger partial charge >= 0.3 is 0 Å². The number of rotatable bonds is 6. The largest absolute Gasteiger partial charge is 0.342 e. The Morgan fingerprint density at radius 1 is 1.09 bits per heavy atom. The normalized spacial score (nSPS) is 10.3. The first-order valence-corrected chi connectivity index (χ1v) is 7.60. The van der Waals surface area contributed by atoms with E-state index in [-0.39, 0.29) is 25.0 Å². The van der Waals surface area contributed by atoms with E-state index in [0.717, 1.165) is 11.1 Å². The van der Waals surface area contributed by atoms with Crippen LogP contribution in [-0.4, -0.2) is 19.0 Å². The summed E-state index contributed by atoms with van der Waals surface area (Å²) in [6.45, 7) is 4.29. The summed E-state index contributed by atoms with van der Waals surface area (Å²) in [6.07, 6.45) is 0. The zero-order valence-corrected chi connectivity index (χ0v) is 13.5. The number of nitriles is 1. The fourth-order valence-corrected chi connectivity index (χ4v) is 2.52. The summed E-state index contributed by atoms with van der Waals surface area (Å²) in [4.78, 5) is 11.8. The van der Waals surface area contributed by atoms with Crippen molar-refractivity contribution in [3.8, 4) is 6.07 Å². The molecule has 0 bridgehead atoms. The number of benzene rings is 2. The van der Waals surface area contributed by atoms with Gasteiger partial charge in [-0.15, -0.1) is 0 Å². The Morgan fingerprint density at radius 3 is 2.13 bits per heavy atom. The molecule has 0 aliphatic heterocycles. The molecule has 1 amide bonds. The highest BCUT2D eigenvalue weighted by Gasteiger charge is 2.15. The molecule has 23 heavy (non-hydrogen) atoms. The summed E-state index contributed by atoms with van der Waals surface area (Å²) in [6, 6.07) is 18.3. The van der Waals surface area contributed by atoms with E-state index < -0.39 is 0 Å². The first kappa shape index (κ1) is 16.7. The van der Waals surface area contributed by atoms with Crippen LogP contribution < -0.4 is 10.6 Å². The van der Waals surface area contributed by atoms with Gasteiger partial charge in [0.1, 0.15) is 6.54 Å². The number of aryl methyl sites for hydroxylation is 2. The fourth-order valence-electron chi connectivity index (χ4n) is 2.52. The van der Waals surface area contributed by atoms with Gasteiger partial charge in [-0.05, 0) is 25.0 Å². The molecule has 2 rings (SSSR count). The summed E-state index contributed by atoms with van der Waals surface area (Å²) in [5, 5.41) is 14.4. The van der Waals surface area contributed by atoms with Crippen LogP contribution in [0.1, 0.15) is 28.3 Å². The summed E-state index contributed by atoms with van der Waals surface area (Å²) in [5.41, 5.74) is 4.58. The summed E-state index contributed by atoms with van der Waals surface area (Å²) < 4.78 is 0. The lowest BCUT2D eigenvalue weighted by Gasteiger charge is -2.20. The second-order valence-electron chi connectivity index (χ2n) is 5.58. The molecule has 2 N–H and O–H groups in total. The molecule has 0 radical (unpaired) electrons. The number of nitrogens with zero attached hydrogens (tertiary/aromatic N) is 1. The van der Waals surface area contributed by atoms with Gasteiger partial charge in [0.2, 0.25) is 5.91 Å². The zero-order valence-electron chi connectivity index (χ0n) is 13.5. The Kier molecular flexibility index (Phi) is 5.90. The maximum absolute atomic E-state index is 11.8. The van der Waals surface area contributed by atoms with Crippen LogP contribution in [0.5, 0.6) is 0 Å². The molecule has 118 valence electrons. The summed E-state index contributed by atoms with van der Waals surface area (Å²) in [5.74, 6) is -0.183. The second kappa shape index (κ2) is 8.11. The predicted octanol–water partition coefficient (Wildman–Crippen LogP) is 2.62. The predicted molar refractivity (Wildman–Crippen MR) is 90.8 cm³/mol. The van der Waals surface area contributed by atoms with E-state index in [1.807, 2.05) is 18.2 Å². The third kappa shape index (κ3) is 4.94. The minimum Gasteiger partial charge on any atom is -0.342 e. The minimum absolute atomic E-state index is 0.0278. The highest BCUT2D eigenvalue weighted by Crippen LogP contribution is 2.23. The van der Waals surface area contributed by atoms with Gasteiger partial charge in [-0.2, -0.15) is 5.26 Å². The molecule has 2 aromatic rings. The number of amides is 1. The van der Waals surface area contributed by atoms with Crippen LogP contribution in [-0.2, 0) is 4.79 Å². The molecule has 0 aromatic heterocycles. The first-order chi connectivity index (χ1) is 11.1. The lowest BCUT2D eigenvalue weighted by atomic mass is 9.96. The van der Waals surface area contributed by atoms with Gasteiger partial charge in [0.15, 0.2) is 0 Å². The SMILES string of the molecule is Cc1cccc(C(NCC(=O)NCC#N)c2cccc(C)c2)c1. The second-order valence-corrected chi connectivity index (χ2v) is 5.58. The van der Waals surface area contributed by atoms with E-state index in [1.165, 1.54) is 11.1 Å². The van der Waals surface area contributed by atoms with Crippen LogP contribution in [0.2, 0.25) is 0 Å². The molecular weight excluding hydrogens is 286 g/mol. The van der Waals surface area contributed by atoms with Crippen LogP contribution in [0.15, 0.2) is 48.5 Å². The third-order valence-corrected chi connectivity index (χ3v) is 3.58. The van der Waals surface area contributed by atoms with Gasteiger partial charge in [-0.1, -0.05) is 59.7 Å². The lowest BCUT2D eigenvalue weighted by Crippen LogP contribution is -2.36. The van der Waals surface area contributed by atoms with Crippen LogP contribution in [0.25, 0.3) is 0 Å². The molecule has 0 saturated heterocycles. The maximum Gasteiger partial charge on any atom is 0.234 e. The van der Waals surface area contributed by atoms with Crippen molar-refractivity contribution in [1.82, 2.24) is 10.6 Å². The zero-order chi connectivity index (χ0) is 16.7. The van der Waals surface area contributed by atoms with Gasteiger partial charge in [-0.25, -0.2) is 0 Å². The number of carbonyl (C=O) groups excluding carboxylic acids is 1. The van der Waals surface area contributed by atoms with Gasteiger partial charge in [0.05, 0.1) is 18.7 Å². The van der Waals surface area contributed by atoms with Crippen molar-refractivity contribution in [2.45, 2.75) is 19.9 Å². The van der Waals surface area contributed by atoms with Gasteiger partial charge in [-0.3, -0.25) is 10.1 Å². The van der Waals surface area contributed by atoms with E-state index in [0.29, 0.717) is 0 Å². The van der Waals surface area contributed by atoms with Crippen molar-refractivity contribution in [2.24, 2.45) is 0 Å². The average molecular weight is 307 g/mol. The van der Waals surface area contributed by atoms with E-state index >= 15 is 0 Å². The van der Waals surface area contributed by atoms with Crippen molar-refractivity contribution in [3.63, 3.8) is 0 Å². The smallest absolute Gasteiger partial charge is 0.234 e. The van der Waals surface area contributed by atoms with Gasteiger partial charge in [0, 0.05) is 0 Å². The molecule has 0 heterocycles. The van der Waals surface area contributed by atoms with Gasteiger partial charge in [0.25, 0.3) is 0 Å². The molecule has 2 aromatic carbocycles. The highest BCUT2D eigenvalue weighted by molar-refractivity contribution is 5.78. The Balaban J connectivity index is 2.22. The van der Waals surface area contributed by atoms with Crippen LogP contribution in [0.4, 0.5) is 0 Å². The highest BCUT2D eigenvalue weighted by atomic mass is 16.1. The quantitative estimate of drug-likeness (QED) is 0.806. The molecule has 0 spiro atoms. The first-order valence-electron chi connectivity index (χ1n) is 7.60. The van der Waals surface area contributed by atoms with Gasteiger partial charge < -0.3 is 5.32 Å². The molecule has 0 atom stereocenters. The van der Waals surface area contributed by atoms with E-state index in [9.17, 15) is 4.79 Å². The Labute approximate surface area is 137 Å². The monoisotopic (exact) mass is 307 g/mol. The van der Waals surface area contributed by atoms with Crippen LogP contribution in [0.3, 0.4) is 0 Å². The maximum atomic E-state index is 11.8. The number of hydrogen-bond acceptors (Lipinski definition) is 3. The van der Waals surface area contributed by atoms with Crippen molar-refractivity contribution >= 4 is 5.91 Å². The van der Waals surface area contributed by atoms with Crippen LogP contribution in [0, 0.1) is 25.2 Å². The average Bonchev–Trinajstić information content (AvgIpc) is 2.53. The van der Waals surface area contributed by atoms with Crippen molar-refractivity contribution < 1.29 is 4.79 Å². The summed E-state index contributed by atoms with van der Waals surface area (Å²) in [7, 11) is 0. The number of hydrogen-bond donors (Lipinski definition) is 2. The molecule has 4 heteroatoms. The van der Waals surface area contributed by atoms with E-state index in [1.54, 1.807) is 0 Å². The lowest BCUT2D eigenvalue weighted by molar-refractivity contribution is -0.120. The molecule has 0 unspecified atom stereocenters. The number of nitrogens with one attached hydrogen (secondary N) is 2. The molecule has 0 saturated carbocycles. The van der Waals surface area contributed by atoms with Crippen molar-refractivity contribution in [1.29, 1.82) is 5.26 Å². The van der Waals surface area contributed by atoms with E-state index in [2.05, 4.69) is 60.9 Å². The van der Waals surface area contributed by atoms with Crippen molar-refractivity contribution in [2.75, 3.05) is 13.1 Å². The number of carbonyl (C=O) groups is 1. The Morgan fingerprint density at radius 2 is 1.65 bits per heavy atom. The summed E-state index contributed by atoms with van der Waals surface area (Å²) >= 11 is 0. The Bertz CT molecular complexity index is 673.